The van der Waals surface area contributed by atoms with Crippen molar-refractivity contribution in [3.63, 3.8) is 0 Å². The Kier molecular flexibility index (Phi) is 11.4. The Morgan fingerprint density at radius 2 is 1.07 bits per heavy atom. The van der Waals surface area contributed by atoms with E-state index in [9.17, 15) is 0 Å². The first kappa shape index (κ1) is 35.8. The molecule has 248 valence electrons. The lowest BCUT2D eigenvalue weighted by Crippen LogP contribution is -2.37. The number of benzene rings is 2. The molecule has 1 saturated carbocycles. The van der Waals surface area contributed by atoms with Crippen LogP contribution in [0, 0.1) is 0 Å². The maximum absolute atomic E-state index is 7.06. The van der Waals surface area contributed by atoms with Gasteiger partial charge in [-0.1, -0.05) is 115 Å². The van der Waals surface area contributed by atoms with Crippen molar-refractivity contribution in [2.45, 2.75) is 145 Å². The van der Waals surface area contributed by atoms with Crippen LogP contribution in [0.15, 0.2) is 49.6 Å². The molecule has 1 aliphatic carbocycles. The molecule has 2 aromatic carbocycles. The third kappa shape index (κ3) is 8.86. The van der Waals surface area contributed by atoms with Crippen molar-refractivity contribution in [3.05, 3.63) is 83.0 Å². The molecule has 4 rings (SSSR count). The van der Waals surface area contributed by atoms with Crippen LogP contribution in [0.2, 0.25) is 0 Å². The molecule has 0 amide bonds. The topological polar surface area (TPSA) is 18.5 Å². The molecule has 0 bridgehead atoms. The minimum atomic E-state index is -0.906. The van der Waals surface area contributed by atoms with E-state index in [1.165, 1.54) is 71.9 Å². The van der Waals surface area contributed by atoms with E-state index in [2.05, 4.69) is 92.8 Å². The van der Waals surface area contributed by atoms with E-state index in [0.717, 1.165) is 35.8 Å². The van der Waals surface area contributed by atoms with E-state index in [4.69, 9.17) is 21.2 Å². The molecule has 0 spiro atoms. The van der Waals surface area contributed by atoms with E-state index in [0.29, 0.717) is 10.5 Å². The van der Waals surface area contributed by atoms with Crippen LogP contribution in [0.5, 0.6) is 11.5 Å². The molecule has 0 aromatic heterocycles. The summed E-state index contributed by atoms with van der Waals surface area (Å²) in [5, 5.41) is 1.11. The van der Waals surface area contributed by atoms with Gasteiger partial charge in [0, 0.05) is 47.0 Å². The van der Waals surface area contributed by atoms with Crippen LogP contribution in [-0.2, 0) is 35.2 Å². The minimum absolute atomic E-state index is 0.0177. The lowest BCUT2D eigenvalue weighted by Gasteiger charge is -2.34. The fraction of sp³-hybridized carbons (Fsp3) is 0.561. The average Bonchev–Trinajstić information content (AvgIpc) is 2.90. The second-order valence-electron chi connectivity index (χ2n) is 15.8. The molecular formula is C41H60O2S2. The Morgan fingerprint density at radius 1 is 0.689 bits per heavy atom. The Hall–Kier alpha value is -2.04. The van der Waals surface area contributed by atoms with Gasteiger partial charge in [0.25, 0.3) is 0 Å². The second kappa shape index (κ2) is 14.4. The van der Waals surface area contributed by atoms with Crippen molar-refractivity contribution in [1.82, 2.24) is 0 Å². The quantitative estimate of drug-likeness (QED) is 0.243. The molecule has 2 aromatic rings. The summed E-state index contributed by atoms with van der Waals surface area (Å²) in [5.41, 5.74) is 7.57. The smallest absolute Gasteiger partial charge is 0.245 e. The summed E-state index contributed by atoms with van der Waals surface area (Å²) >= 11 is 0. The average molecular weight is 649 g/mol. The summed E-state index contributed by atoms with van der Waals surface area (Å²) in [6.07, 6.45) is 13.2. The predicted octanol–water partition coefficient (Wildman–Crippen LogP) is 11.4. The van der Waals surface area contributed by atoms with Gasteiger partial charge in [0.05, 0.1) is 0 Å². The molecule has 4 heteroatoms. The standard InChI is InChI=1S/C41H60O2S2/c1-13-19-29-23-33(39(3,4)5)25-31-27-44(11)35-21-17-15-16-18-22-36(35)45(12)28-32-26-34(40(6,7)8)24-30(20-14-2)38(32)43-41(9,10)42-37(29)31/h13-14,23-26,35-36H,1-2,11-12,15-22,27-28H2,3-10H3. The van der Waals surface area contributed by atoms with E-state index >= 15 is 0 Å². The zero-order valence-corrected chi connectivity index (χ0v) is 31.3. The summed E-state index contributed by atoms with van der Waals surface area (Å²) in [5.74, 6) is 12.7. The van der Waals surface area contributed by atoms with Crippen molar-refractivity contribution in [2.24, 2.45) is 0 Å². The number of rotatable bonds is 4. The first-order valence-electron chi connectivity index (χ1n) is 16.9. The van der Waals surface area contributed by atoms with Crippen LogP contribution < -0.4 is 9.47 Å². The van der Waals surface area contributed by atoms with E-state index in [-0.39, 0.29) is 31.8 Å². The lowest BCUT2D eigenvalue weighted by atomic mass is 9.84. The van der Waals surface area contributed by atoms with Crippen molar-refractivity contribution >= 4 is 32.7 Å². The van der Waals surface area contributed by atoms with Crippen LogP contribution in [0.3, 0.4) is 0 Å². The maximum Gasteiger partial charge on any atom is 0.245 e. The summed E-state index contributed by atoms with van der Waals surface area (Å²) in [6, 6.07) is 9.46. The van der Waals surface area contributed by atoms with E-state index in [1.807, 2.05) is 12.2 Å². The number of hydrogen-bond acceptors (Lipinski definition) is 2. The largest absolute Gasteiger partial charge is 0.452 e. The number of allylic oxidation sites excluding steroid dienone is 2. The molecule has 1 fully saturated rings. The molecule has 0 saturated heterocycles. The van der Waals surface area contributed by atoms with Crippen LogP contribution in [0.25, 0.3) is 0 Å². The minimum Gasteiger partial charge on any atom is -0.452 e. The molecular weight excluding hydrogens is 589 g/mol. The molecule has 1 heterocycles. The van der Waals surface area contributed by atoms with Crippen LogP contribution in [-0.4, -0.2) is 28.0 Å². The third-order valence-electron chi connectivity index (χ3n) is 9.32. The number of hydrogen-bond donors (Lipinski definition) is 0. The van der Waals surface area contributed by atoms with Gasteiger partial charge >= 0.3 is 0 Å². The normalized spacial score (nSPS) is 24.4. The molecule has 0 radical (unpaired) electrons. The van der Waals surface area contributed by atoms with Gasteiger partial charge in [0.2, 0.25) is 5.79 Å². The highest BCUT2D eigenvalue weighted by atomic mass is 32.2. The maximum atomic E-state index is 7.06. The molecule has 1 aliphatic heterocycles. The Bertz CT molecular complexity index is 1330. The fourth-order valence-corrected chi connectivity index (χ4v) is 11.5. The fourth-order valence-electron chi connectivity index (χ4n) is 6.77. The first-order valence-corrected chi connectivity index (χ1v) is 20.2. The van der Waals surface area contributed by atoms with Gasteiger partial charge in [-0.05, 0) is 58.8 Å². The van der Waals surface area contributed by atoms with Gasteiger partial charge in [-0.2, -0.15) is 21.0 Å². The first-order chi connectivity index (χ1) is 21.0. The molecule has 4 unspecified atom stereocenters. The molecule has 2 nitrogen and oxygen atoms in total. The van der Waals surface area contributed by atoms with Gasteiger partial charge in [0.1, 0.15) is 11.5 Å². The number of fused-ring (bicyclic) bond motifs is 3. The van der Waals surface area contributed by atoms with E-state index in [1.54, 1.807) is 0 Å². The van der Waals surface area contributed by atoms with Crippen LogP contribution in [0.1, 0.15) is 127 Å². The van der Waals surface area contributed by atoms with Crippen LogP contribution >= 0.6 is 21.0 Å². The highest BCUT2D eigenvalue weighted by Crippen LogP contribution is 2.47. The Morgan fingerprint density at radius 3 is 1.40 bits per heavy atom. The SMILES string of the molecule is C=CCc1cc(C(C)(C)C)cc2c1OC(C)(C)Oc1c(CC=C)cc(C(C)(C)C)cc1CS(=C)C1CCCCCCC1S(=C)C2. The van der Waals surface area contributed by atoms with Gasteiger partial charge in [-0.15, -0.1) is 13.2 Å². The summed E-state index contributed by atoms with van der Waals surface area (Å²) in [6.45, 7) is 26.2. The molecule has 0 N–H and O–H groups in total. The van der Waals surface area contributed by atoms with Gasteiger partial charge in [-0.3, -0.25) is 0 Å². The second-order valence-corrected chi connectivity index (χ2v) is 19.7. The molecule has 45 heavy (non-hydrogen) atoms. The zero-order chi connectivity index (χ0) is 33.2. The zero-order valence-electron chi connectivity index (χ0n) is 29.7. The van der Waals surface area contributed by atoms with Crippen molar-refractivity contribution in [2.75, 3.05) is 0 Å². The summed E-state index contributed by atoms with van der Waals surface area (Å²) in [7, 11) is -0.145. The van der Waals surface area contributed by atoms with Crippen molar-refractivity contribution in [1.29, 1.82) is 0 Å². The molecule has 4 atom stereocenters. The third-order valence-corrected chi connectivity index (χ3v) is 13.7. The van der Waals surface area contributed by atoms with Crippen molar-refractivity contribution in [3.8, 4) is 11.5 Å². The lowest BCUT2D eigenvalue weighted by molar-refractivity contribution is -0.0828. The Balaban J connectivity index is 2.00. The highest BCUT2D eigenvalue weighted by Gasteiger charge is 2.33. The van der Waals surface area contributed by atoms with Gasteiger partial charge < -0.3 is 9.47 Å². The predicted molar refractivity (Wildman–Crippen MR) is 206 cm³/mol. The Labute approximate surface area is 280 Å². The summed E-state index contributed by atoms with van der Waals surface area (Å²) in [4.78, 5) is 0. The van der Waals surface area contributed by atoms with Gasteiger partial charge in [0.15, 0.2) is 0 Å². The van der Waals surface area contributed by atoms with Gasteiger partial charge in [-0.25, -0.2) is 0 Å². The summed E-state index contributed by atoms with van der Waals surface area (Å²) < 4.78 is 14.1. The van der Waals surface area contributed by atoms with Crippen molar-refractivity contribution < 1.29 is 9.47 Å². The number of ether oxygens (including phenoxy) is 2. The van der Waals surface area contributed by atoms with E-state index < -0.39 is 5.79 Å². The monoisotopic (exact) mass is 648 g/mol. The van der Waals surface area contributed by atoms with Crippen LogP contribution in [0.4, 0.5) is 0 Å². The molecule has 2 aliphatic rings. The highest BCUT2D eigenvalue weighted by molar-refractivity contribution is 8.17.